The molecular formula is C24H23F3N2O2S. The Bertz CT molecular complexity index is 1230. The second kappa shape index (κ2) is 7.85. The molecule has 0 fully saturated rings. The van der Waals surface area contributed by atoms with Gasteiger partial charge in [0.2, 0.25) is 0 Å². The van der Waals surface area contributed by atoms with Crippen molar-refractivity contribution >= 4 is 21.4 Å². The standard InChI is InChI=1S/C24H23F3N2O2S/c1-23(2)15-21(28-22-18(23)12-8-13-19(22)24(25,26)27)17-11-6-7-14-20(17)29-32(30,31)16-9-4-3-5-10-16/h3-14,21,28-29H,15H2,1-2H3. The van der Waals surface area contributed by atoms with Crippen LogP contribution in [0.25, 0.3) is 0 Å². The Labute approximate surface area is 185 Å². The molecule has 3 aromatic rings. The van der Waals surface area contributed by atoms with Crippen LogP contribution in [0.15, 0.2) is 77.7 Å². The number of para-hydroxylation sites is 2. The molecule has 168 valence electrons. The van der Waals surface area contributed by atoms with Gasteiger partial charge < -0.3 is 5.32 Å². The highest BCUT2D eigenvalue weighted by atomic mass is 32.2. The van der Waals surface area contributed by atoms with E-state index in [1.165, 1.54) is 18.2 Å². The van der Waals surface area contributed by atoms with Crippen molar-refractivity contribution in [3.05, 3.63) is 89.5 Å². The van der Waals surface area contributed by atoms with Crippen molar-refractivity contribution in [2.45, 2.75) is 42.8 Å². The number of anilines is 2. The van der Waals surface area contributed by atoms with Gasteiger partial charge in [0.15, 0.2) is 0 Å². The number of benzene rings is 3. The summed E-state index contributed by atoms with van der Waals surface area (Å²) in [5.41, 5.74) is 0.265. The molecule has 2 N–H and O–H groups in total. The van der Waals surface area contributed by atoms with E-state index in [0.717, 1.165) is 6.07 Å². The van der Waals surface area contributed by atoms with Crippen LogP contribution in [-0.4, -0.2) is 8.42 Å². The lowest BCUT2D eigenvalue weighted by Crippen LogP contribution is -2.33. The lowest BCUT2D eigenvalue weighted by molar-refractivity contribution is -0.137. The van der Waals surface area contributed by atoms with E-state index < -0.39 is 33.2 Å². The van der Waals surface area contributed by atoms with Crippen molar-refractivity contribution < 1.29 is 21.6 Å². The van der Waals surface area contributed by atoms with E-state index in [1.54, 1.807) is 48.5 Å². The average molecular weight is 461 g/mol. The van der Waals surface area contributed by atoms with Crippen molar-refractivity contribution in [1.29, 1.82) is 0 Å². The molecule has 4 nitrogen and oxygen atoms in total. The van der Waals surface area contributed by atoms with Gasteiger partial charge in [-0.3, -0.25) is 4.72 Å². The molecule has 1 unspecified atom stereocenters. The summed E-state index contributed by atoms with van der Waals surface area (Å²) >= 11 is 0. The quantitative estimate of drug-likeness (QED) is 0.478. The Morgan fingerprint density at radius 2 is 1.59 bits per heavy atom. The van der Waals surface area contributed by atoms with Crippen molar-refractivity contribution in [3.63, 3.8) is 0 Å². The molecule has 32 heavy (non-hydrogen) atoms. The number of halogens is 3. The van der Waals surface area contributed by atoms with Gasteiger partial charge in [-0.1, -0.05) is 62.4 Å². The van der Waals surface area contributed by atoms with E-state index in [1.807, 2.05) is 13.8 Å². The van der Waals surface area contributed by atoms with Crippen LogP contribution in [0.5, 0.6) is 0 Å². The van der Waals surface area contributed by atoms with Crippen LogP contribution in [0.4, 0.5) is 24.5 Å². The maximum Gasteiger partial charge on any atom is 0.418 e. The fraction of sp³-hybridized carbons (Fsp3) is 0.250. The predicted octanol–water partition coefficient (Wildman–Crippen LogP) is 6.34. The second-order valence-corrected chi connectivity index (χ2v) is 10.2. The highest BCUT2D eigenvalue weighted by Crippen LogP contribution is 2.49. The van der Waals surface area contributed by atoms with Gasteiger partial charge in [0.05, 0.1) is 27.9 Å². The molecule has 0 saturated heterocycles. The monoisotopic (exact) mass is 460 g/mol. The summed E-state index contributed by atoms with van der Waals surface area (Å²) < 4.78 is 69.5. The predicted molar refractivity (Wildman–Crippen MR) is 119 cm³/mol. The average Bonchev–Trinajstić information content (AvgIpc) is 2.73. The lowest BCUT2D eigenvalue weighted by atomic mass is 9.73. The zero-order valence-electron chi connectivity index (χ0n) is 17.6. The number of sulfonamides is 1. The third-order valence-electron chi connectivity index (χ3n) is 5.77. The highest BCUT2D eigenvalue weighted by molar-refractivity contribution is 7.92. The Morgan fingerprint density at radius 3 is 2.28 bits per heavy atom. The Kier molecular flexibility index (Phi) is 5.45. The van der Waals surface area contributed by atoms with Crippen LogP contribution in [0.3, 0.4) is 0 Å². The minimum absolute atomic E-state index is 0.0435. The number of alkyl halides is 3. The van der Waals surface area contributed by atoms with Crippen LogP contribution in [0.1, 0.15) is 43.0 Å². The molecule has 1 aliphatic heterocycles. The number of hydrogen-bond donors (Lipinski definition) is 2. The summed E-state index contributed by atoms with van der Waals surface area (Å²) in [5.74, 6) is 0. The topological polar surface area (TPSA) is 58.2 Å². The van der Waals surface area contributed by atoms with Gasteiger partial charge in [-0.2, -0.15) is 13.2 Å². The van der Waals surface area contributed by atoms with Gasteiger partial charge in [-0.05, 0) is 47.2 Å². The smallest absolute Gasteiger partial charge is 0.377 e. The van der Waals surface area contributed by atoms with Crippen molar-refractivity contribution in [1.82, 2.24) is 0 Å². The fourth-order valence-corrected chi connectivity index (χ4v) is 5.35. The summed E-state index contributed by atoms with van der Waals surface area (Å²) in [6.07, 6.45) is -4.02. The van der Waals surface area contributed by atoms with Crippen molar-refractivity contribution in [3.8, 4) is 0 Å². The van der Waals surface area contributed by atoms with E-state index in [2.05, 4.69) is 10.0 Å². The third kappa shape index (κ3) is 4.19. The molecule has 0 aliphatic carbocycles. The first kappa shape index (κ1) is 22.2. The molecule has 0 amide bonds. The van der Waals surface area contributed by atoms with Crippen LogP contribution in [0.2, 0.25) is 0 Å². The lowest BCUT2D eigenvalue weighted by Gasteiger charge is -2.40. The fourth-order valence-electron chi connectivity index (χ4n) is 4.24. The summed E-state index contributed by atoms with van der Waals surface area (Å²) in [7, 11) is -3.85. The second-order valence-electron chi connectivity index (χ2n) is 8.52. The largest absolute Gasteiger partial charge is 0.418 e. The van der Waals surface area contributed by atoms with Gasteiger partial charge in [0, 0.05) is 0 Å². The van der Waals surface area contributed by atoms with Gasteiger partial charge >= 0.3 is 6.18 Å². The minimum atomic E-state index is -4.51. The van der Waals surface area contributed by atoms with E-state index >= 15 is 0 Å². The molecular weight excluding hydrogens is 437 g/mol. The van der Waals surface area contributed by atoms with Crippen molar-refractivity contribution in [2.24, 2.45) is 0 Å². The van der Waals surface area contributed by atoms with Crippen molar-refractivity contribution in [2.75, 3.05) is 10.0 Å². The number of nitrogens with one attached hydrogen (secondary N) is 2. The molecule has 3 aromatic carbocycles. The minimum Gasteiger partial charge on any atom is -0.377 e. The van der Waals surface area contributed by atoms with Crippen LogP contribution >= 0.6 is 0 Å². The maximum absolute atomic E-state index is 13.7. The third-order valence-corrected chi connectivity index (χ3v) is 7.15. The van der Waals surface area contributed by atoms with E-state index in [9.17, 15) is 21.6 Å². The van der Waals surface area contributed by atoms with Gasteiger partial charge in [0.1, 0.15) is 0 Å². The molecule has 0 aromatic heterocycles. The van der Waals surface area contributed by atoms with Gasteiger partial charge in [-0.15, -0.1) is 0 Å². The Hall–Kier alpha value is -3.00. The zero-order valence-corrected chi connectivity index (χ0v) is 18.4. The van der Waals surface area contributed by atoms with E-state index in [4.69, 9.17) is 0 Å². The molecule has 4 rings (SSSR count). The van der Waals surface area contributed by atoms with Crippen LogP contribution < -0.4 is 10.0 Å². The first-order valence-corrected chi connectivity index (χ1v) is 11.6. The molecule has 0 spiro atoms. The molecule has 1 atom stereocenters. The number of rotatable bonds is 4. The molecule has 0 bridgehead atoms. The van der Waals surface area contributed by atoms with E-state index in [-0.39, 0.29) is 10.6 Å². The molecule has 0 saturated carbocycles. The SMILES string of the molecule is CC1(C)CC(c2ccccc2NS(=O)(=O)c2ccccc2)Nc2c(C(F)(F)F)cccc21. The molecule has 1 heterocycles. The Balaban J connectivity index is 1.76. The van der Waals surface area contributed by atoms with Gasteiger partial charge in [0.25, 0.3) is 10.0 Å². The van der Waals surface area contributed by atoms with Gasteiger partial charge in [-0.25, -0.2) is 8.42 Å². The molecule has 8 heteroatoms. The summed E-state index contributed by atoms with van der Waals surface area (Å²) in [6, 6.07) is 18.4. The Morgan fingerprint density at radius 1 is 0.938 bits per heavy atom. The summed E-state index contributed by atoms with van der Waals surface area (Å²) in [5, 5.41) is 3.06. The first-order chi connectivity index (χ1) is 15.0. The number of hydrogen-bond acceptors (Lipinski definition) is 3. The molecule has 0 radical (unpaired) electrons. The number of fused-ring (bicyclic) bond motifs is 1. The van der Waals surface area contributed by atoms with Crippen LogP contribution in [-0.2, 0) is 21.6 Å². The summed E-state index contributed by atoms with van der Waals surface area (Å²) in [6.45, 7) is 3.80. The van der Waals surface area contributed by atoms with E-state index in [0.29, 0.717) is 23.2 Å². The maximum atomic E-state index is 13.7. The van der Waals surface area contributed by atoms with Crippen LogP contribution in [0, 0.1) is 0 Å². The molecule has 1 aliphatic rings. The normalized spacial score (nSPS) is 17.8. The summed E-state index contributed by atoms with van der Waals surface area (Å²) in [4.78, 5) is 0.108. The first-order valence-electron chi connectivity index (χ1n) is 10.1. The zero-order chi connectivity index (χ0) is 23.1. The highest BCUT2D eigenvalue weighted by Gasteiger charge is 2.41.